The van der Waals surface area contributed by atoms with Crippen LogP contribution in [0, 0.1) is 0 Å². The molecular formula is C24H37FN5O14P. The van der Waals surface area contributed by atoms with Crippen molar-refractivity contribution in [2.45, 2.75) is 77.3 Å². The molecule has 0 amide bonds. The van der Waals surface area contributed by atoms with Crippen molar-refractivity contribution < 1.29 is 70.8 Å². The Labute approximate surface area is 256 Å². The fourth-order valence-electron chi connectivity index (χ4n) is 4.01. The van der Waals surface area contributed by atoms with E-state index in [1.807, 2.05) is 0 Å². The van der Waals surface area contributed by atoms with Crippen molar-refractivity contribution in [1.82, 2.24) is 19.5 Å². The summed E-state index contributed by atoms with van der Waals surface area (Å²) in [5, 5.41) is 22.4. The van der Waals surface area contributed by atoms with Crippen molar-refractivity contribution in [3.63, 3.8) is 0 Å². The summed E-state index contributed by atoms with van der Waals surface area (Å²) in [7, 11) is -4.89. The Kier molecular flexibility index (Phi) is 11.9. The second-order valence-corrected chi connectivity index (χ2v) is 11.9. The number of fused-ring (bicyclic) bond motifs is 1. The lowest BCUT2D eigenvalue weighted by Gasteiger charge is -2.31. The number of carbonyl (C=O) groups excluding carboxylic acids is 2. The highest BCUT2D eigenvalue weighted by Gasteiger charge is 2.63. The molecule has 21 heteroatoms. The SMILES string of the molecule is CCOc1nc(N)nc2c1ncn2[C@@H]1O[C@](CF)(COP(=O)(OCOC(=O)OC(C)C)OCOC(=O)OC(C)C)[C@@H](O)[C@@]1(C)O. The van der Waals surface area contributed by atoms with Gasteiger partial charge in [-0.05, 0) is 41.5 Å². The molecule has 2 aromatic heterocycles. The van der Waals surface area contributed by atoms with Gasteiger partial charge in [0.2, 0.25) is 25.4 Å². The number of phosphoric acid groups is 1. The van der Waals surface area contributed by atoms with Crippen LogP contribution in [-0.4, -0.2) is 105 Å². The third-order valence-corrected chi connectivity index (χ3v) is 7.26. The van der Waals surface area contributed by atoms with Gasteiger partial charge in [-0.2, -0.15) is 9.97 Å². The van der Waals surface area contributed by atoms with Gasteiger partial charge in [-0.15, -0.1) is 0 Å². The van der Waals surface area contributed by atoms with Crippen LogP contribution < -0.4 is 10.5 Å². The Morgan fingerprint density at radius 2 is 1.69 bits per heavy atom. The van der Waals surface area contributed by atoms with Gasteiger partial charge in [-0.1, -0.05) is 0 Å². The van der Waals surface area contributed by atoms with Crippen LogP contribution in [0.25, 0.3) is 11.2 Å². The maximum Gasteiger partial charge on any atom is 0.510 e. The Morgan fingerprint density at radius 1 is 1.11 bits per heavy atom. The van der Waals surface area contributed by atoms with E-state index < -0.39 is 82.7 Å². The lowest BCUT2D eigenvalue weighted by Crippen LogP contribution is -2.53. The number of anilines is 1. The molecule has 4 N–H and O–H groups in total. The maximum atomic E-state index is 14.7. The molecule has 3 rings (SSSR count). The van der Waals surface area contributed by atoms with E-state index in [0.717, 1.165) is 6.92 Å². The molecule has 45 heavy (non-hydrogen) atoms. The van der Waals surface area contributed by atoms with Crippen LogP contribution in [0.1, 0.15) is 47.8 Å². The minimum Gasteiger partial charge on any atom is -0.476 e. The molecule has 0 saturated carbocycles. The van der Waals surface area contributed by atoms with Gasteiger partial charge >= 0.3 is 20.1 Å². The van der Waals surface area contributed by atoms with E-state index in [2.05, 4.69) is 24.4 Å². The average Bonchev–Trinajstić information content (AvgIpc) is 3.43. The highest BCUT2D eigenvalue weighted by molar-refractivity contribution is 7.48. The molecule has 1 aliphatic rings. The Morgan fingerprint density at radius 3 is 2.20 bits per heavy atom. The molecule has 2 aromatic rings. The number of hydrogen-bond donors (Lipinski definition) is 3. The van der Waals surface area contributed by atoms with E-state index in [1.165, 1.54) is 10.9 Å². The number of ether oxygens (including phenoxy) is 6. The zero-order valence-corrected chi connectivity index (χ0v) is 26.3. The van der Waals surface area contributed by atoms with Crippen LogP contribution in [0.2, 0.25) is 0 Å². The average molecular weight is 670 g/mol. The van der Waals surface area contributed by atoms with Crippen molar-refractivity contribution in [1.29, 1.82) is 0 Å². The minimum atomic E-state index is -4.89. The first-order valence-electron chi connectivity index (χ1n) is 13.5. The number of aromatic nitrogens is 4. The summed E-state index contributed by atoms with van der Waals surface area (Å²) in [6.07, 6.45) is -5.90. The summed E-state index contributed by atoms with van der Waals surface area (Å²) in [5.41, 5.74) is 1.31. The number of rotatable bonds is 15. The molecule has 0 bridgehead atoms. The van der Waals surface area contributed by atoms with Gasteiger partial charge in [0.1, 0.15) is 18.4 Å². The summed E-state index contributed by atoms with van der Waals surface area (Å²) in [5.74, 6) is -0.175. The van der Waals surface area contributed by atoms with E-state index >= 15 is 0 Å². The summed E-state index contributed by atoms with van der Waals surface area (Å²) < 4.78 is 74.6. The van der Waals surface area contributed by atoms with Crippen molar-refractivity contribution in [3.8, 4) is 5.88 Å². The third kappa shape index (κ3) is 8.66. The minimum absolute atomic E-state index is 0.0206. The molecular weight excluding hydrogens is 632 g/mol. The summed E-state index contributed by atoms with van der Waals surface area (Å²) >= 11 is 0. The molecule has 0 radical (unpaired) electrons. The number of nitrogen functional groups attached to an aromatic ring is 1. The second kappa shape index (κ2) is 14.8. The van der Waals surface area contributed by atoms with Crippen LogP contribution in [0.4, 0.5) is 19.9 Å². The fourth-order valence-corrected chi connectivity index (χ4v) is 4.98. The topological polar surface area (TPSA) is 244 Å². The number of aliphatic hydroxyl groups is 2. The van der Waals surface area contributed by atoms with Crippen molar-refractivity contribution in [2.75, 3.05) is 39.2 Å². The summed E-state index contributed by atoms with van der Waals surface area (Å²) in [6.45, 7) is 4.59. The second-order valence-electron chi connectivity index (χ2n) is 10.3. The largest absolute Gasteiger partial charge is 0.510 e. The Bertz CT molecular complexity index is 1350. The Hall–Kier alpha value is -3.39. The van der Waals surface area contributed by atoms with E-state index in [0.29, 0.717) is 0 Å². The highest BCUT2D eigenvalue weighted by atomic mass is 31.2. The molecule has 254 valence electrons. The van der Waals surface area contributed by atoms with E-state index in [-0.39, 0.29) is 29.6 Å². The number of nitrogens with zero attached hydrogens (tertiary/aromatic N) is 4. The van der Waals surface area contributed by atoms with Gasteiger partial charge in [0.05, 0.1) is 31.7 Å². The van der Waals surface area contributed by atoms with E-state index in [9.17, 15) is 28.8 Å². The van der Waals surface area contributed by atoms with Crippen molar-refractivity contribution in [2.24, 2.45) is 0 Å². The fraction of sp³-hybridized carbons (Fsp3) is 0.708. The molecule has 1 fully saturated rings. The number of hydrogen-bond acceptors (Lipinski definition) is 18. The normalized spacial score (nSPS) is 23.4. The number of carbonyl (C=O) groups is 2. The number of nitrogens with two attached hydrogens (primary N) is 1. The number of aliphatic hydroxyl groups excluding tert-OH is 1. The third-order valence-electron chi connectivity index (χ3n) is 5.97. The zero-order valence-electron chi connectivity index (χ0n) is 25.4. The van der Waals surface area contributed by atoms with Crippen LogP contribution in [0.15, 0.2) is 6.33 Å². The number of alkyl halides is 1. The standard InChI is InChI=1S/C24H37FN5O14P/c1-7-36-17-15-16(28-20(26)29-17)30(10-27-15)19-23(6,34)18(31)24(8-25,44-19)9-39-45(35,40-11-37-21(32)42-13(2)3)41-12-38-22(33)43-14(4)5/h10,13-14,18-19,31,34H,7-9,11-12H2,1-6H3,(H2,26,28,29)/t18-,19+,23+,24+/m0/s1. The van der Waals surface area contributed by atoms with Gasteiger partial charge in [-0.3, -0.25) is 9.09 Å². The molecule has 4 atom stereocenters. The molecule has 3 heterocycles. The van der Waals surface area contributed by atoms with Crippen LogP contribution in [-0.2, 0) is 41.8 Å². The first-order valence-corrected chi connectivity index (χ1v) is 15.0. The molecule has 0 aromatic carbocycles. The summed E-state index contributed by atoms with van der Waals surface area (Å²) in [6, 6.07) is 0. The number of halogens is 1. The molecule has 0 spiro atoms. The first kappa shape index (κ1) is 36.1. The van der Waals surface area contributed by atoms with Crippen LogP contribution in [0.5, 0.6) is 5.88 Å². The lowest BCUT2D eigenvalue weighted by molar-refractivity contribution is -0.139. The quantitative estimate of drug-likeness (QED) is 0.140. The van der Waals surface area contributed by atoms with Crippen LogP contribution >= 0.6 is 7.82 Å². The molecule has 19 nitrogen and oxygen atoms in total. The predicted octanol–water partition coefficient (Wildman–Crippen LogP) is 2.35. The maximum absolute atomic E-state index is 14.7. The highest BCUT2D eigenvalue weighted by Crippen LogP contribution is 2.53. The van der Waals surface area contributed by atoms with E-state index in [1.54, 1.807) is 34.6 Å². The number of phosphoric ester groups is 1. The molecule has 0 aliphatic carbocycles. The molecule has 1 aliphatic heterocycles. The van der Waals surface area contributed by atoms with Gasteiger partial charge < -0.3 is 44.4 Å². The first-order chi connectivity index (χ1) is 21.1. The van der Waals surface area contributed by atoms with Crippen molar-refractivity contribution in [3.05, 3.63) is 6.33 Å². The van der Waals surface area contributed by atoms with Crippen LogP contribution in [0.3, 0.4) is 0 Å². The monoisotopic (exact) mass is 669 g/mol. The van der Waals surface area contributed by atoms with Gasteiger partial charge in [0, 0.05) is 0 Å². The lowest BCUT2D eigenvalue weighted by atomic mass is 9.88. The predicted molar refractivity (Wildman–Crippen MR) is 147 cm³/mol. The molecule has 0 unspecified atom stereocenters. The van der Waals surface area contributed by atoms with E-state index in [4.69, 9.17) is 38.3 Å². The smallest absolute Gasteiger partial charge is 0.476 e. The summed E-state index contributed by atoms with van der Waals surface area (Å²) in [4.78, 5) is 35.7. The van der Waals surface area contributed by atoms with Gasteiger partial charge in [-0.25, -0.2) is 32.6 Å². The zero-order chi connectivity index (χ0) is 33.6. The Balaban J connectivity index is 1.84. The number of imidazole rings is 1. The van der Waals surface area contributed by atoms with Gasteiger partial charge in [0.25, 0.3) is 0 Å². The van der Waals surface area contributed by atoms with Crippen molar-refractivity contribution >= 4 is 37.2 Å². The molecule has 1 saturated heterocycles. The van der Waals surface area contributed by atoms with Gasteiger partial charge in [0.15, 0.2) is 23.0 Å².